The summed E-state index contributed by atoms with van der Waals surface area (Å²) in [4.78, 5) is 17.9. The molecule has 1 atom stereocenters. The van der Waals surface area contributed by atoms with Crippen LogP contribution in [0.4, 0.5) is 0 Å². The number of hydrogen-bond acceptors (Lipinski definition) is 2. The Kier molecular flexibility index (Phi) is 3.22. The van der Waals surface area contributed by atoms with E-state index in [9.17, 15) is 4.79 Å². The zero-order valence-corrected chi connectivity index (χ0v) is 13.0. The van der Waals surface area contributed by atoms with E-state index in [-0.39, 0.29) is 5.91 Å². The number of aromatic amines is 1. The van der Waals surface area contributed by atoms with Crippen LogP contribution in [-0.2, 0) is 4.74 Å². The number of carbonyl (C=O) groups excluding carboxylic acids is 1. The van der Waals surface area contributed by atoms with Gasteiger partial charge in [-0.3, -0.25) is 4.79 Å². The molecule has 2 heterocycles. The molecule has 2 aliphatic rings. The quantitative estimate of drug-likeness (QED) is 0.925. The molecule has 1 spiro atoms. The number of hydrogen-bond donors (Lipinski definition) is 1. The molecule has 1 aliphatic heterocycles. The molecule has 22 heavy (non-hydrogen) atoms. The second kappa shape index (κ2) is 5.13. The highest BCUT2D eigenvalue weighted by Crippen LogP contribution is 2.50. The Morgan fingerprint density at radius 1 is 1.27 bits per heavy atom. The first-order valence-electron chi connectivity index (χ1n) is 8.11. The second-order valence-electron chi connectivity index (χ2n) is 6.70. The lowest BCUT2D eigenvalue weighted by Crippen LogP contribution is -2.53. The van der Waals surface area contributed by atoms with Gasteiger partial charge in [-0.15, -0.1) is 0 Å². The maximum Gasteiger partial charge on any atom is 0.253 e. The first-order valence-corrected chi connectivity index (χ1v) is 8.11. The van der Waals surface area contributed by atoms with E-state index >= 15 is 0 Å². The number of piperidine rings is 1. The number of fused-ring (bicyclic) bond motifs is 1. The minimum Gasteiger partial charge on any atom is -0.381 e. The molecule has 116 valence electrons. The Labute approximate surface area is 130 Å². The fourth-order valence-electron chi connectivity index (χ4n) is 4.13. The van der Waals surface area contributed by atoms with E-state index in [1.807, 2.05) is 42.5 Å². The van der Waals surface area contributed by atoms with Crippen molar-refractivity contribution in [1.29, 1.82) is 0 Å². The lowest BCUT2D eigenvalue weighted by atomic mass is 9.60. The molecule has 2 fully saturated rings. The average Bonchev–Trinajstić information content (AvgIpc) is 3.01. The van der Waals surface area contributed by atoms with E-state index in [1.54, 1.807) is 0 Å². The molecule has 0 bridgehead atoms. The molecule has 1 amide bonds. The fourth-order valence-corrected chi connectivity index (χ4v) is 4.13. The number of methoxy groups -OCH3 is 1. The summed E-state index contributed by atoms with van der Waals surface area (Å²) >= 11 is 0. The van der Waals surface area contributed by atoms with E-state index in [4.69, 9.17) is 4.74 Å². The van der Waals surface area contributed by atoms with Crippen molar-refractivity contribution in [2.45, 2.75) is 31.8 Å². The molecule has 1 aliphatic carbocycles. The van der Waals surface area contributed by atoms with Gasteiger partial charge in [0.05, 0.1) is 6.10 Å². The number of amides is 1. The predicted octanol–water partition coefficient (Wildman–Crippen LogP) is 3.20. The molecule has 1 unspecified atom stereocenters. The van der Waals surface area contributed by atoms with Crippen molar-refractivity contribution in [3.05, 3.63) is 36.0 Å². The van der Waals surface area contributed by atoms with Crippen LogP contribution in [0, 0.1) is 5.41 Å². The average molecular weight is 298 g/mol. The topological polar surface area (TPSA) is 45.3 Å². The van der Waals surface area contributed by atoms with Crippen molar-refractivity contribution in [3.8, 4) is 0 Å². The van der Waals surface area contributed by atoms with Gasteiger partial charge in [0, 0.05) is 42.9 Å². The van der Waals surface area contributed by atoms with Gasteiger partial charge in [0.2, 0.25) is 0 Å². The summed E-state index contributed by atoms with van der Waals surface area (Å²) < 4.78 is 5.59. The van der Waals surface area contributed by atoms with Gasteiger partial charge in [0.1, 0.15) is 0 Å². The first-order chi connectivity index (χ1) is 10.7. The molecule has 4 nitrogen and oxygen atoms in total. The third-order valence-corrected chi connectivity index (χ3v) is 5.72. The molecule has 1 aromatic heterocycles. The number of benzene rings is 1. The maximum atomic E-state index is 12.7. The Morgan fingerprint density at radius 2 is 2.09 bits per heavy atom. The lowest BCUT2D eigenvalue weighted by molar-refractivity contribution is -0.116. The standard InChI is InChI=1S/C18H22N2O2/c1-22-16-4-6-18(16)7-10-20(11-8-18)17(21)14-3-2-13-5-9-19-15(13)12-14/h2-3,5,9,12,16,19H,4,6-8,10-11H2,1H3. The van der Waals surface area contributed by atoms with Crippen LogP contribution in [-0.4, -0.2) is 42.1 Å². The van der Waals surface area contributed by atoms with E-state index in [2.05, 4.69) is 4.98 Å². The lowest BCUT2D eigenvalue weighted by Gasteiger charge is -2.53. The number of carbonyl (C=O) groups is 1. The Balaban J connectivity index is 1.47. The van der Waals surface area contributed by atoms with E-state index in [0.29, 0.717) is 11.5 Å². The SMILES string of the molecule is COC1CCC12CCN(C(=O)c1ccc3cc[nH]c3c1)CC2. The van der Waals surface area contributed by atoms with Crippen LogP contribution in [0.25, 0.3) is 10.9 Å². The smallest absolute Gasteiger partial charge is 0.253 e. The largest absolute Gasteiger partial charge is 0.381 e. The van der Waals surface area contributed by atoms with Crippen molar-refractivity contribution in [3.63, 3.8) is 0 Å². The highest BCUT2D eigenvalue weighted by molar-refractivity contribution is 5.98. The Bertz CT molecular complexity index is 696. The Hall–Kier alpha value is -1.81. The van der Waals surface area contributed by atoms with Crippen molar-refractivity contribution in [2.24, 2.45) is 5.41 Å². The number of rotatable bonds is 2. The summed E-state index contributed by atoms with van der Waals surface area (Å²) in [7, 11) is 1.81. The van der Waals surface area contributed by atoms with Crippen LogP contribution in [0.3, 0.4) is 0 Å². The highest BCUT2D eigenvalue weighted by atomic mass is 16.5. The number of nitrogens with zero attached hydrogens (tertiary/aromatic N) is 1. The van der Waals surface area contributed by atoms with Crippen molar-refractivity contribution < 1.29 is 9.53 Å². The maximum absolute atomic E-state index is 12.7. The molecule has 1 saturated carbocycles. The second-order valence-corrected chi connectivity index (χ2v) is 6.70. The van der Waals surface area contributed by atoms with Gasteiger partial charge in [-0.2, -0.15) is 0 Å². The summed E-state index contributed by atoms with van der Waals surface area (Å²) in [6, 6.07) is 7.93. The van der Waals surface area contributed by atoms with Crippen LogP contribution in [0.15, 0.2) is 30.5 Å². The molecular weight excluding hydrogens is 276 g/mol. The molecule has 1 saturated heterocycles. The number of likely N-dealkylation sites (tertiary alicyclic amines) is 1. The molecule has 4 rings (SSSR count). The third kappa shape index (κ3) is 2.05. The normalized spacial score (nSPS) is 23.7. The molecule has 4 heteroatoms. The van der Waals surface area contributed by atoms with Crippen LogP contribution < -0.4 is 0 Å². The Morgan fingerprint density at radius 3 is 2.77 bits per heavy atom. The van der Waals surface area contributed by atoms with Crippen LogP contribution in [0.2, 0.25) is 0 Å². The van der Waals surface area contributed by atoms with Crippen molar-refractivity contribution in [1.82, 2.24) is 9.88 Å². The molecule has 2 aromatic rings. The van der Waals surface area contributed by atoms with Gasteiger partial charge in [-0.05, 0) is 49.3 Å². The van der Waals surface area contributed by atoms with Gasteiger partial charge in [-0.1, -0.05) is 6.07 Å². The number of ether oxygens (including phenoxy) is 1. The number of H-pyrrole nitrogens is 1. The summed E-state index contributed by atoms with van der Waals surface area (Å²) in [6.45, 7) is 1.70. The van der Waals surface area contributed by atoms with Crippen LogP contribution >= 0.6 is 0 Å². The fraction of sp³-hybridized carbons (Fsp3) is 0.500. The van der Waals surface area contributed by atoms with Gasteiger partial charge in [0.25, 0.3) is 5.91 Å². The van der Waals surface area contributed by atoms with Crippen molar-refractivity contribution in [2.75, 3.05) is 20.2 Å². The summed E-state index contributed by atoms with van der Waals surface area (Å²) in [5.74, 6) is 0.152. The van der Waals surface area contributed by atoms with E-state index in [0.717, 1.165) is 42.4 Å². The monoisotopic (exact) mass is 298 g/mol. The van der Waals surface area contributed by atoms with Gasteiger partial charge in [-0.25, -0.2) is 0 Å². The van der Waals surface area contributed by atoms with Gasteiger partial charge >= 0.3 is 0 Å². The molecule has 1 aromatic carbocycles. The number of nitrogens with one attached hydrogen (secondary N) is 1. The van der Waals surface area contributed by atoms with Crippen molar-refractivity contribution >= 4 is 16.8 Å². The van der Waals surface area contributed by atoms with E-state index in [1.165, 1.54) is 12.8 Å². The molecular formula is C18H22N2O2. The number of aromatic nitrogens is 1. The highest BCUT2D eigenvalue weighted by Gasteiger charge is 2.48. The third-order valence-electron chi connectivity index (χ3n) is 5.72. The first kappa shape index (κ1) is 13.8. The predicted molar refractivity (Wildman–Crippen MR) is 85.9 cm³/mol. The summed E-state index contributed by atoms with van der Waals surface area (Å²) in [5.41, 5.74) is 2.15. The zero-order chi connectivity index (χ0) is 15.2. The summed E-state index contributed by atoms with van der Waals surface area (Å²) in [5, 5.41) is 1.14. The molecule has 1 N–H and O–H groups in total. The van der Waals surface area contributed by atoms with Gasteiger partial charge in [0.15, 0.2) is 0 Å². The minimum atomic E-state index is 0.152. The van der Waals surface area contributed by atoms with Crippen LogP contribution in [0.1, 0.15) is 36.0 Å². The van der Waals surface area contributed by atoms with Crippen LogP contribution in [0.5, 0.6) is 0 Å². The van der Waals surface area contributed by atoms with Gasteiger partial charge < -0.3 is 14.6 Å². The zero-order valence-electron chi connectivity index (χ0n) is 13.0. The molecule has 0 radical (unpaired) electrons. The van der Waals surface area contributed by atoms with E-state index < -0.39 is 0 Å². The summed E-state index contributed by atoms with van der Waals surface area (Å²) in [6.07, 6.45) is 6.88. The minimum absolute atomic E-state index is 0.152.